The molecule has 0 saturated carbocycles. The first-order valence-corrected chi connectivity index (χ1v) is 10.9. The summed E-state index contributed by atoms with van der Waals surface area (Å²) in [4.78, 5) is 8.95. The zero-order chi connectivity index (χ0) is 20.4. The molecule has 29 heavy (non-hydrogen) atoms. The zero-order valence-electron chi connectivity index (χ0n) is 16.1. The van der Waals surface area contributed by atoms with Crippen LogP contribution in [0.4, 0.5) is 0 Å². The molecule has 1 aliphatic heterocycles. The topological polar surface area (TPSA) is 91.9 Å². The standard InChI is InChI=1S/C21H21N5O2S/c1-16-13-24-21(18-4-2-10-23-14-18)26(16)19-5-3-11-25(15-19)29(27,28)20-8-6-17(12-22)7-9-20/h2,4,6-10,13-14,19H,3,5,11,15H2,1H3. The van der Waals surface area contributed by atoms with Crippen LogP contribution in [0.1, 0.15) is 30.1 Å². The quantitative estimate of drug-likeness (QED) is 0.662. The third-order valence-electron chi connectivity index (χ3n) is 5.25. The highest BCUT2D eigenvalue weighted by Crippen LogP contribution is 2.31. The fraction of sp³-hybridized carbons (Fsp3) is 0.286. The summed E-state index contributed by atoms with van der Waals surface area (Å²) in [5.41, 5.74) is 2.34. The van der Waals surface area contributed by atoms with E-state index in [4.69, 9.17) is 5.26 Å². The Labute approximate surface area is 170 Å². The van der Waals surface area contributed by atoms with Gasteiger partial charge < -0.3 is 4.57 Å². The van der Waals surface area contributed by atoms with Crippen molar-refractivity contribution in [3.05, 3.63) is 66.2 Å². The van der Waals surface area contributed by atoms with E-state index in [0.29, 0.717) is 18.7 Å². The van der Waals surface area contributed by atoms with Crippen LogP contribution in [0.3, 0.4) is 0 Å². The summed E-state index contributed by atoms with van der Waals surface area (Å²) in [5.74, 6) is 0.804. The molecule has 0 spiro atoms. The third kappa shape index (κ3) is 3.67. The number of rotatable bonds is 4. The van der Waals surface area contributed by atoms with Crippen molar-refractivity contribution in [2.45, 2.75) is 30.7 Å². The highest BCUT2D eigenvalue weighted by Gasteiger charge is 2.32. The first-order valence-electron chi connectivity index (χ1n) is 9.45. The molecule has 1 fully saturated rings. The predicted molar refractivity (Wildman–Crippen MR) is 108 cm³/mol. The summed E-state index contributed by atoms with van der Waals surface area (Å²) in [7, 11) is -3.62. The number of nitriles is 1. The van der Waals surface area contributed by atoms with Gasteiger partial charge in [0.25, 0.3) is 0 Å². The Kier molecular flexibility index (Phi) is 5.18. The lowest BCUT2D eigenvalue weighted by Gasteiger charge is -2.34. The molecule has 0 amide bonds. The van der Waals surface area contributed by atoms with Crippen molar-refractivity contribution in [3.8, 4) is 17.5 Å². The van der Waals surface area contributed by atoms with Gasteiger partial charge in [-0.05, 0) is 56.2 Å². The van der Waals surface area contributed by atoms with Crippen molar-refractivity contribution in [3.63, 3.8) is 0 Å². The number of nitrogens with zero attached hydrogens (tertiary/aromatic N) is 5. The molecule has 1 saturated heterocycles. The van der Waals surface area contributed by atoms with E-state index < -0.39 is 10.0 Å². The van der Waals surface area contributed by atoms with Gasteiger partial charge in [-0.2, -0.15) is 9.57 Å². The Hall–Kier alpha value is -3.02. The van der Waals surface area contributed by atoms with Gasteiger partial charge in [-0.15, -0.1) is 0 Å². The maximum absolute atomic E-state index is 13.1. The van der Waals surface area contributed by atoms with Crippen molar-refractivity contribution in [2.24, 2.45) is 0 Å². The van der Waals surface area contributed by atoms with E-state index in [-0.39, 0.29) is 10.9 Å². The second-order valence-corrected chi connectivity index (χ2v) is 9.07. The zero-order valence-corrected chi connectivity index (χ0v) is 16.9. The average Bonchev–Trinajstić information content (AvgIpc) is 3.16. The number of benzene rings is 1. The van der Waals surface area contributed by atoms with Crippen LogP contribution in [0.25, 0.3) is 11.4 Å². The lowest BCUT2D eigenvalue weighted by atomic mass is 10.1. The van der Waals surface area contributed by atoms with Gasteiger partial charge in [-0.3, -0.25) is 4.98 Å². The van der Waals surface area contributed by atoms with Gasteiger partial charge in [0, 0.05) is 49.0 Å². The highest BCUT2D eigenvalue weighted by molar-refractivity contribution is 7.89. The minimum atomic E-state index is -3.62. The van der Waals surface area contributed by atoms with Crippen molar-refractivity contribution < 1.29 is 8.42 Å². The van der Waals surface area contributed by atoms with Crippen molar-refractivity contribution in [1.29, 1.82) is 5.26 Å². The Morgan fingerprint density at radius 1 is 1.17 bits per heavy atom. The van der Waals surface area contributed by atoms with Crippen molar-refractivity contribution in [2.75, 3.05) is 13.1 Å². The van der Waals surface area contributed by atoms with Gasteiger partial charge in [-0.25, -0.2) is 13.4 Å². The lowest BCUT2D eigenvalue weighted by molar-refractivity contribution is 0.266. The Morgan fingerprint density at radius 3 is 2.66 bits per heavy atom. The molecule has 3 aromatic rings. The van der Waals surface area contributed by atoms with Crippen molar-refractivity contribution in [1.82, 2.24) is 18.8 Å². The maximum Gasteiger partial charge on any atom is 0.243 e. The van der Waals surface area contributed by atoms with Gasteiger partial charge in [0.15, 0.2) is 0 Å². The highest BCUT2D eigenvalue weighted by atomic mass is 32.2. The van der Waals surface area contributed by atoms with Gasteiger partial charge >= 0.3 is 0 Å². The normalized spacial score (nSPS) is 17.7. The van der Waals surface area contributed by atoms with Gasteiger partial charge in [0.05, 0.1) is 16.5 Å². The van der Waals surface area contributed by atoms with Crippen molar-refractivity contribution >= 4 is 10.0 Å². The van der Waals surface area contributed by atoms with Gasteiger partial charge in [0.1, 0.15) is 5.82 Å². The first kappa shape index (κ1) is 19.3. The van der Waals surface area contributed by atoms with Crippen LogP contribution in [0.2, 0.25) is 0 Å². The van der Waals surface area contributed by atoms with Crippen LogP contribution in [0.15, 0.2) is 59.9 Å². The molecule has 8 heteroatoms. The van der Waals surface area contributed by atoms with E-state index in [1.54, 1.807) is 12.4 Å². The fourth-order valence-electron chi connectivity index (χ4n) is 3.82. The minimum Gasteiger partial charge on any atom is -0.324 e. The van der Waals surface area contributed by atoms with Crippen LogP contribution in [0, 0.1) is 18.3 Å². The Bertz CT molecular complexity index is 1150. The molecular formula is C21H21N5O2S. The smallest absolute Gasteiger partial charge is 0.243 e. The molecule has 3 heterocycles. The number of hydrogen-bond acceptors (Lipinski definition) is 5. The Morgan fingerprint density at radius 2 is 1.97 bits per heavy atom. The summed E-state index contributed by atoms with van der Waals surface area (Å²) in [6, 6.07) is 11.9. The Balaban J connectivity index is 1.64. The van der Waals surface area contributed by atoms with Gasteiger partial charge in [-0.1, -0.05) is 0 Å². The number of imidazole rings is 1. The van der Waals surface area contributed by atoms with Crippen LogP contribution < -0.4 is 0 Å². The molecule has 1 unspecified atom stereocenters. The summed E-state index contributed by atoms with van der Waals surface area (Å²) in [6.07, 6.45) is 6.95. The van der Waals surface area contributed by atoms with E-state index in [1.165, 1.54) is 28.6 Å². The molecule has 1 aliphatic rings. The second kappa shape index (κ2) is 7.78. The maximum atomic E-state index is 13.1. The SMILES string of the molecule is Cc1cnc(-c2cccnc2)n1C1CCCN(S(=O)(=O)c2ccc(C#N)cc2)C1. The molecular weight excluding hydrogens is 386 g/mol. The fourth-order valence-corrected chi connectivity index (χ4v) is 5.33. The molecule has 0 aliphatic carbocycles. The van der Waals surface area contributed by atoms with E-state index in [2.05, 4.69) is 14.5 Å². The van der Waals surface area contributed by atoms with Crippen LogP contribution in [-0.2, 0) is 10.0 Å². The molecule has 7 nitrogen and oxygen atoms in total. The minimum absolute atomic E-state index is 0.00499. The van der Waals surface area contributed by atoms with E-state index in [0.717, 1.165) is 29.9 Å². The largest absolute Gasteiger partial charge is 0.324 e. The molecule has 0 radical (unpaired) electrons. The number of piperidine rings is 1. The number of aromatic nitrogens is 3. The molecule has 0 N–H and O–H groups in total. The monoisotopic (exact) mass is 407 g/mol. The summed E-state index contributed by atoms with van der Waals surface area (Å²) < 4.78 is 30.0. The van der Waals surface area contributed by atoms with Crippen LogP contribution >= 0.6 is 0 Å². The summed E-state index contributed by atoms with van der Waals surface area (Å²) >= 11 is 0. The second-order valence-electron chi connectivity index (χ2n) is 7.13. The van der Waals surface area contributed by atoms with E-state index >= 15 is 0 Å². The average molecular weight is 407 g/mol. The molecule has 1 aromatic carbocycles. The first-order chi connectivity index (χ1) is 14.0. The molecule has 2 aromatic heterocycles. The van der Waals surface area contributed by atoms with Crippen LogP contribution in [0.5, 0.6) is 0 Å². The van der Waals surface area contributed by atoms with E-state index in [9.17, 15) is 8.42 Å². The lowest BCUT2D eigenvalue weighted by Crippen LogP contribution is -2.41. The number of aryl methyl sites for hydroxylation is 1. The summed E-state index contributed by atoms with van der Waals surface area (Å²) in [6.45, 7) is 2.85. The predicted octanol–water partition coefficient (Wildman–Crippen LogP) is 3.15. The van der Waals surface area contributed by atoms with E-state index in [1.807, 2.05) is 31.3 Å². The van der Waals surface area contributed by atoms with Gasteiger partial charge in [0.2, 0.25) is 10.0 Å². The molecule has 1 atom stereocenters. The molecule has 0 bridgehead atoms. The third-order valence-corrected chi connectivity index (χ3v) is 7.13. The summed E-state index contributed by atoms with van der Waals surface area (Å²) in [5, 5.41) is 8.94. The molecule has 4 rings (SSSR count). The molecule has 148 valence electrons. The number of hydrogen-bond donors (Lipinski definition) is 0. The number of sulfonamides is 1. The number of pyridine rings is 1. The van der Waals surface area contributed by atoms with Crippen LogP contribution in [-0.4, -0.2) is 40.3 Å².